The van der Waals surface area contributed by atoms with E-state index in [1.54, 1.807) is 66.7 Å². The maximum Gasteiger partial charge on any atom is 0.264 e. The highest BCUT2D eigenvalue weighted by atomic mass is 79.9. The Bertz CT molecular complexity index is 1150. The van der Waals surface area contributed by atoms with Crippen LogP contribution in [0, 0.1) is 6.92 Å². The first-order valence-electron chi connectivity index (χ1n) is 9.67. The summed E-state index contributed by atoms with van der Waals surface area (Å²) in [5.41, 5.74) is 1.88. The fourth-order valence-corrected chi connectivity index (χ4v) is 4.75. The number of halogens is 1. The normalized spacial score (nSPS) is 11.1. The molecule has 0 aromatic heterocycles. The summed E-state index contributed by atoms with van der Waals surface area (Å²) >= 11 is 3.36. The molecule has 0 fully saturated rings. The molecule has 0 radical (unpaired) electrons. The van der Waals surface area contributed by atoms with Crippen molar-refractivity contribution in [2.45, 2.75) is 18.7 Å². The summed E-state index contributed by atoms with van der Waals surface area (Å²) in [5.74, 6) is 0.167. The van der Waals surface area contributed by atoms with Crippen LogP contribution < -0.4 is 14.4 Å². The number of nitrogens with one attached hydrogen (secondary N) is 1. The molecule has 0 spiro atoms. The molecule has 3 aromatic carbocycles. The zero-order valence-electron chi connectivity index (χ0n) is 17.2. The van der Waals surface area contributed by atoms with Crippen molar-refractivity contribution in [3.05, 3.63) is 82.8 Å². The number of hydrogen-bond donors (Lipinski definition) is 1. The molecule has 0 unspecified atom stereocenters. The van der Waals surface area contributed by atoms with Crippen LogP contribution in [0.1, 0.15) is 12.5 Å². The summed E-state index contributed by atoms with van der Waals surface area (Å²) < 4.78 is 34.2. The van der Waals surface area contributed by atoms with Gasteiger partial charge in [0.25, 0.3) is 10.0 Å². The number of rotatable bonds is 8. The second-order valence-corrected chi connectivity index (χ2v) is 9.59. The fraction of sp³-hybridized carbons (Fsp3) is 0.174. The topological polar surface area (TPSA) is 75.7 Å². The predicted octanol–water partition coefficient (Wildman–Crippen LogP) is 4.99. The second kappa shape index (κ2) is 9.98. The van der Waals surface area contributed by atoms with E-state index in [4.69, 9.17) is 4.74 Å². The highest BCUT2D eigenvalue weighted by molar-refractivity contribution is 9.10. The first kappa shape index (κ1) is 22.8. The van der Waals surface area contributed by atoms with Crippen molar-refractivity contribution in [1.29, 1.82) is 0 Å². The van der Waals surface area contributed by atoms with Crippen LogP contribution in [-0.2, 0) is 14.8 Å². The van der Waals surface area contributed by atoms with Gasteiger partial charge in [0.15, 0.2) is 0 Å². The molecule has 0 aliphatic carbocycles. The Labute approximate surface area is 191 Å². The van der Waals surface area contributed by atoms with Gasteiger partial charge in [0.05, 0.1) is 17.2 Å². The van der Waals surface area contributed by atoms with E-state index in [9.17, 15) is 13.2 Å². The third kappa shape index (κ3) is 5.86. The van der Waals surface area contributed by atoms with Crippen LogP contribution >= 0.6 is 15.9 Å². The summed E-state index contributed by atoms with van der Waals surface area (Å²) in [4.78, 5) is 12.9. The van der Waals surface area contributed by atoms with Crippen LogP contribution in [0.3, 0.4) is 0 Å². The van der Waals surface area contributed by atoms with Gasteiger partial charge >= 0.3 is 0 Å². The van der Waals surface area contributed by atoms with Crippen molar-refractivity contribution in [3.8, 4) is 5.75 Å². The molecule has 3 aromatic rings. The highest BCUT2D eigenvalue weighted by Crippen LogP contribution is 2.26. The number of aryl methyl sites for hydroxylation is 1. The van der Waals surface area contributed by atoms with Gasteiger partial charge in [-0.05, 0) is 68.4 Å². The molecule has 8 heteroatoms. The van der Waals surface area contributed by atoms with Gasteiger partial charge in [0.2, 0.25) is 5.91 Å². The minimum absolute atomic E-state index is 0.113. The van der Waals surface area contributed by atoms with Gasteiger partial charge in [-0.25, -0.2) is 8.42 Å². The summed E-state index contributed by atoms with van der Waals surface area (Å²) in [6.07, 6.45) is 0. The second-order valence-electron chi connectivity index (χ2n) is 6.81. The van der Waals surface area contributed by atoms with E-state index in [1.165, 1.54) is 0 Å². The highest BCUT2D eigenvalue weighted by Gasteiger charge is 2.27. The third-order valence-electron chi connectivity index (χ3n) is 4.44. The number of sulfonamides is 1. The van der Waals surface area contributed by atoms with Crippen molar-refractivity contribution in [2.24, 2.45) is 0 Å². The Kier molecular flexibility index (Phi) is 7.35. The Morgan fingerprint density at radius 1 is 1.03 bits per heavy atom. The van der Waals surface area contributed by atoms with E-state index in [1.807, 2.05) is 19.9 Å². The molecule has 0 aliphatic rings. The minimum atomic E-state index is -3.97. The van der Waals surface area contributed by atoms with Crippen molar-refractivity contribution in [2.75, 3.05) is 22.8 Å². The summed E-state index contributed by atoms with van der Waals surface area (Å²) in [5, 5.41) is 2.75. The lowest BCUT2D eigenvalue weighted by Crippen LogP contribution is -2.38. The van der Waals surface area contributed by atoms with Crippen LogP contribution in [0.4, 0.5) is 11.4 Å². The molecule has 0 saturated carbocycles. The Balaban J connectivity index is 1.93. The monoisotopic (exact) mass is 502 g/mol. The average molecular weight is 503 g/mol. The number of nitrogens with zero attached hydrogens (tertiary/aromatic N) is 1. The molecule has 31 heavy (non-hydrogen) atoms. The Morgan fingerprint density at radius 3 is 2.32 bits per heavy atom. The molecule has 0 aliphatic heterocycles. The molecular weight excluding hydrogens is 480 g/mol. The molecule has 0 heterocycles. The van der Waals surface area contributed by atoms with E-state index >= 15 is 0 Å². The number of amides is 1. The lowest BCUT2D eigenvalue weighted by molar-refractivity contribution is -0.114. The van der Waals surface area contributed by atoms with Gasteiger partial charge in [0.1, 0.15) is 12.3 Å². The number of carbonyl (C=O) groups excluding carboxylic acids is 1. The molecule has 1 amide bonds. The largest absolute Gasteiger partial charge is 0.494 e. The maximum atomic E-state index is 13.4. The van der Waals surface area contributed by atoms with Crippen LogP contribution in [0.5, 0.6) is 5.75 Å². The molecule has 162 valence electrons. The summed E-state index contributed by atoms with van der Waals surface area (Å²) in [7, 11) is -3.97. The first-order valence-corrected chi connectivity index (χ1v) is 11.9. The van der Waals surface area contributed by atoms with Gasteiger partial charge in [-0.2, -0.15) is 0 Å². The molecular formula is C23H23BrN2O4S. The summed E-state index contributed by atoms with van der Waals surface area (Å²) in [6.45, 7) is 3.87. The number of anilines is 2. The maximum absolute atomic E-state index is 13.4. The van der Waals surface area contributed by atoms with Crippen LogP contribution in [0.2, 0.25) is 0 Å². The van der Waals surface area contributed by atoms with Gasteiger partial charge < -0.3 is 10.1 Å². The lowest BCUT2D eigenvalue weighted by atomic mass is 10.2. The SMILES string of the molecule is CCOc1ccc(N(CC(=O)Nc2cccc(Br)c2)S(=O)(=O)c2ccc(C)cc2)cc1. The Morgan fingerprint density at radius 2 is 1.71 bits per heavy atom. The number of carbonyl (C=O) groups is 1. The molecule has 0 saturated heterocycles. The molecule has 0 atom stereocenters. The van der Waals surface area contributed by atoms with Crippen LogP contribution in [0.15, 0.2) is 82.2 Å². The standard InChI is InChI=1S/C23H23BrN2O4S/c1-3-30-21-11-9-20(10-12-21)26(31(28,29)22-13-7-17(2)8-14-22)16-23(27)25-19-6-4-5-18(24)15-19/h4-15H,3,16H2,1-2H3,(H,25,27). The van der Waals surface area contributed by atoms with E-state index < -0.39 is 15.9 Å². The van der Waals surface area contributed by atoms with E-state index in [-0.39, 0.29) is 11.4 Å². The van der Waals surface area contributed by atoms with Crippen molar-refractivity contribution in [1.82, 2.24) is 0 Å². The number of ether oxygens (including phenoxy) is 1. The van der Waals surface area contributed by atoms with E-state index in [0.717, 1.165) is 14.3 Å². The molecule has 1 N–H and O–H groups in total. The van der Waals surface area contributed by atoms with Gasteiger partial charge in [-0.15, -0.1) is 0 Å². The smallest absolute Gasteiger partial charge is 0.264 e. The van der Waals surface area contributed by atoms with Crippen molar-refractivity contribution in [3.63, 3.8) is 0 Å². The minimum Gasteiger partial charge on any atom is -0.494 e. The quantitative estimate of drug-likeness (QED) is 0.470. The molecule has 6 nitrogen and oxygen atoms in total. The van der Waals surface area contributed by atoms with Gasteiger partial charge in [0, 0.05) is 10.2 Å². The average Bonchev–Trinajstić information content (AvgIpc) is 2.73. The lowest BCUT2D eigenvalue weighted by Gasteiger charge is -2.24. The Hall–Kier alpha value is -2.84. The van der Waals surface area contributed by atoms with Crippen molar-refractivity contribution < 1.29 is 17.9 Å². The van der Waals surface area contributed by atoms with Crippen molar-refractivity contribution >= 4 is 43.2 Å². The third-order valence-corrected chi connectivity index (χ3v) is 6.72. The van der Waals surface area contributed by atoms with E-state index in [0.29, 0.717) is 23.7 Å². The summed E-state index contributed by atoms with van der Waals surface area (Å²) in [6, 6.07) is 20.3. The zero-order chi connectivity index (χ0) is 22.4. The number of hydrogen-bond acceptors (Lipinski definition) is 4. The molecule has 0 bridgehead atoms. The number of benzene rings is 3. The van der Waals surface area contributed by atoms with Gasteiger partial charge in [-0.3, -0.25) is 9.10 Å². The zero-order valence-corrected chi connectivity index (χ0v) is 19.6. The fourth-order valence-electron chi connectivity index (χ4n) is 2.92. The predicted molar refractivity (Wildman–Crippen MR) is 126 cm³/mol. The first-order chi connectivity index (χ1) is 14.8. The van der Waals surface area contributed by atoms with Crippen LogP contribution in [-0.4, -0.2) is 27.5 Å². The van der Waals surface area contributed by atoms with Gasteiger partial charge in [-0.1, -0.05) is 39.7 Å². The van der Waals surface area contributed by atoms with E-state index in [2.05, 4.69) is 21.2 Å². The van der Waals surface area contributed by atoms with Crippen LogP contribution in [0.25, 0.3) is 0 Å². The molecule has 3 rings (SSSR count).